The van der Waals surface area contributed by atoms with Gasteiger partial charge in [0, 0.05) is 56.0 Å². The van der Waals surface area contributed by atoms with Crippen molar-refractivity contribution in [2.24, 2.45) is 0 Å². The Morgan fingerprint density at radius 2 is 1.82 bits per heavy atom. The summed E-state index contributed by atoms with van der Waals surface area (Å²) in [6, 6.07) is 10.8. The number of methoxy groups -OCH3 is 1. The second kappa shape index (κ2) is 10.1. The number of anilines is 2. The van der Waals surface area contributed by atoms with Gasteiger partial charge in [-0.3, -0.25) is 15.0 Å². The van der Waals surface area contributed by atoms with Crippen molar-refractivity contribution in [1.29, 1.82) is 5.41 Å². The second-order valence-corrected chi connectivity index (χ2v) is 8.69. The van der Waals surface area contributed by atoms with Gasteiger partial charge in [0.15, 0.2) is 6.10 Å². The van der Waals surface area contributed by atoms with Crippen LogP contribution >= 0.6 is 0 Å². The topological polar surface area (TPSA) is 107 Å². The highest BCUT2D eigenvalue weighted by molar-refractivity contribution is 6.06. The quantitative estimate of drug-likeness (QED) is 0.462. The van der Waals surface area contributed by atoms with E-state index in [2.05, 4.69) is 27.5 Å². The van der Waals surface area contributed by atoms with Gasteiger partial charge in [0.2, 0.25) is 5.91 Å². The number of fused-ring (bicyclic) bond motifs is 1. The van der Waals surface area contributed by atoms with Crippen molar-refractivity contribution in [2.45, 2.75) is 25.9 Å². The molecular formula is C25H31N5O4. The van der Waals surface area contributed by atoms with Gasteiger partial charge in [0.25, 0.3) is 5.91 Å². The first-order valence-electron chi connectivity index (χ1n) is 11.4. The summed E-state index contributed by atoms with van der Waals surface area (Å²) in [7, 11) is 3.78. The monoisotopic (exact) mass is 465 g/mol. The fraction of sp³-hybridized carbons (Fsp3) is 0.400. The maximum atomic E-state index is 13.0. The predicted octanol–water partition coefficient (Wildman–Crippen LogP) is 2.24. The fourth-order valence-corrected chi connectivity index (χ4v) is 4.23. The fourth-order valence-electron chi connectivity index (χ4n) is 4.23. The molecule has 0 bridgehead atoms. The standard InChI is InChI=1S/C25H31N5O4/c1-16(31)27-24(26)17-4-7-19(8-5-17)28-25(32)22-9-6-18-14-20(33-3)15-21(23(18)34-22)30-12-10-29(2)11-13-30/h4-5,7-8,14-15,22H,6,9-13H2,1-3H3,(H,28,32)(H2,26,27,31). The lowest BCUT2D eigenvalue weighted by Gasteiger charge is -2.37. The minimum absolute atomic E-state index is 0.0180. The summed E-state index contributed by atoms with van der Waals surface area (Å²) in [6.45, 7) is 5.06. The Bertz CT molecular complexity index is 1080. The molecule has 0 aliphatic carbocycles. The van der Waals surface area contributed by atoms with Crippen molar-refractivity contribution in [3.05, 3.63) is 47.5 Å². The Morgan fingerprint density at radius 3 is 2.47 bits per heavy atom. The van der Waals surface area contributed by atoms with Gasteiger partial charge in [-0.25, -0.2) is 0 Å². The molecule has 1 atom stereocenters. The summed E-state index contributed by atoms with van der Waals surface area (Å²) in [4.78, 5) is 28.7. The average molecular weight is 466 g/mol. The molecule has 2 aliphatic heterocycles. The van der Waals surface area contributed by atoms with Crippen LogP contribution in [-0.4, -0.2) is 69.0 Å². The lowest BCUT2D eigenvalue weighted by molar-refractivity contribution is -0.123. The molecule has 9 heteroatoms. The van der Waals surface area contributed by atoms with Crippen LogP contribution in [0.5, 0.6) is 11.5 Å². The maximum Gasteiger partial charge on any atom is 0.265 e. The maximum absolute atomic E-state index is 13.0. The molecule has 2 aromatic carbocycles. The molecule has 2 heterocycles. The number of hydrogen-bond acceptors (Lipinski definition) is 7. The molecule has 180 valence electrons. The molecule has 34 heavy (non-hydrogen) atoms. The zero-order valence-corrected chi connectivity index (χ0v) is 19.8. The van der Waals surface area contributed by atoms with Crippen LogP contribution in [-0.2, 0) is 16.0 Å². The van der Waals surface area contributed by atoms with Gasteiger partial charge in [0.05, 0.1) is 12.8 Å². The highest BCUT2D eigenvalue weighted by Crippen LogP contribution is 2.41. The van der Waals surface area contributed by atoms with Crippen LogP contribution in [0.15, 0.2) is 36.4 Å². The molecule has 1 saturated heterocycles. The van der Waals surface area contributed by atoms with Crippen LogP contribution in [0.4, 0.5) is 11.4 Å². The van der Waals surface area contributed by atoms with Gasteiger partial charge in [-0.15, -0.1) is 0 Å². The molecule has 3 N–H and O–H groups in total. The lowest BCUT2D eigenvalue weighted by Crippen LogP contribution is -2.45. The first-order chi connectivity index (χ1) is 16.3. The van der Waals surface area contributed by atoms with Gasteiger partial charge in [-0.2, -0.15) is 0 Å². The Kier molecular flexibility index (Phi) is 7.02. The van der Waals surface area contributed by atoms with Crippen LogP contribution in [0, 0.1) is 5.41 Å². The summed E-state index contributed by atoms with van der Waals surface area (Å²) in [5.41, 5.74) is 3.19. The van der Waals surface area contributed by atoms with Crippen molar-refractivity contribution in [2.75, 3.05) is 50.6 Å². The minimum atomic E-state index is -0.607. The van der Waals surface area contributed by atoms with Crippen LogP contribution in [0.1, 0.15) is 24.5 Å². The van der Waals surface area contributed by atoms with E-state index in [1.54, 1.807) is 31.4 Å². The molecule has 0 spiro atoms. The van der Waals surface area contributed by atoms with Crippen LogP contribution in [0.3, 0.4) is 0 Å². The van der Waals surface area contributed by atoms with E-state index in [-0.39, 0.29) is 17.6 Å². The number of carbonyl (C=O) groups is 2. The summed E-state index contributed by atoms with van der Waals surface area (Å²) in [6.07, 6.45) is 0.682. The van der Waals surface area contributed by atoms with Gasteiger partial charge >= 0.3 is 0 Å². The minimum Gasteiger partial charge on any atom is -0.497 e. The zero-order chi connectivity index (χ0) is 24.2. The number of nitrogens with one attached hydrogen (secondary N) is 3. The zero-order valence-electron chi connectivity index (χ0n) is 19.8. The van der Waals surface area contributed by atoms with Crippen molar-refractivity contribution in [1.82, 2.24) is 10.2 Å². The average Bonchev–Trinajstić information content (AvgIpc) is 2.83. The number of hydrogen-bond donors (Lipinski definition) is 3. The van der Waals surface area contributed by atoms with E-state index in [1.165, 1.54) is 6.92 Å². The SMILES string of the molecule is COc1cc2c(c(N3CCN(C)CC3)c1)OC(C(=O)Nc1ccc(C(=N)NC(C)=O)cc1)CC2. The Labute approximate surface area is 199 Å². The molecule has 2 amide bonds. The lowest BCUT2D eigenvalue weighted by atomic mass is 9.99. The smallest absolute Gasteiger partial charge is 0.265 e. The molecular weight excluding hydrogens is 434 g/mol. The molecule has 1 fully saturated rings. The number of amidine groups is 1. The molecule has 0 radical (unpaired) electrons. The number of nitrogens with zero attached hydrogens (tertiary/aromatic N) is 2. The number of likely N-dealkylation sites (N-methyl/N-ethyl adjacent to an activating group) is 1. The number of aryl methyl sites for hydroxylation is 1. The predicted molar refractivity (Wildman–Crippen MR) is 131 cm³/mol. The summed E-state index contributed by atoms with van der Waals surface area (Å²) in [5.74, 6) is 1.06. The van der Waals surface area contributed by atoms with E-state index in [1.807, 2.05) is 12.1 Å². The number of carbonyl (C=O) groups excluding carboxylic acids is 2. The van der Waals surface area contributed by atoms with E-state index in [0.717, 1.165) is 55.3 Å². The summed E-state index contributed by atoms with van der Waals surface area (Å²) < 4.78 is 11.8. The van der Waals surface area contributed by atoms with E-state index < -0.39 is 6.10 Å². The third kappa shape index (κ3) is 5.31. The van der Waals surface area contributed by atoms with Crippen molar-refractivity contribution < 1.29 is 19.1 Å². The first-order valence-corrected chi connectivity index (χ1v) is 11.4. The normalized spacial score (nSPS) is 17.9. The Balaban J connectivity index is 1.47. The van der Waals surface area contributed by atoms with Crippen LogP contribution < -0.4 is 25.0 Å². The Hall–Kier alpha value is -3.59. The Morgan fingerprint density at radius 1 is 1.12 bits per heavy atom. The number of benzene rings is 2. The van der Waals surface area contributed by atoms with Crippen molar-refractivity contribution in [3.8, 4) is 11.5 Å². The largest absolute Gasteiger partial charge is 0.497 e. The molecule has 1 unspecified atom stereocenters. The first kappa shape index (κ1) is 23.6. The third-order valence-electron chi connectivity index (χ3n) is 6.17. The molecule has 0 aromatic heterocycles. The molecule has 4 rings (SSSR count). The summed E-state index contributed by atoms with van der Waals surface area (Å²) >= 11 is 0. The number of rotatable bonds is 5. The van der Waals surface area contributed by atoms with Gasteiger partial charge in [-0.05, 0) is 50.2 Å². The van der Waals surface area contributed by atoms with E-state index in [9.17, 15) is 9.59 Å². The van der Waals surface area contributed by atoms with Gasteiger partial charge in [0.1, 0.15) is 17.3 Å². The van der Waals surface area contributed by atoms with Crippen molar-refractivity contribution in [3.63, 3.8) is 0 Å². The van der Waals surface area contributed by atoms with E-state index in [4.69, 9.17) is 14.9 Å². The van der Waals surface area contributed by atoms with E-state index in [0.29, 0.717) is 17.7 Å². The summed E-state index contributed by atoms with van der Waals surface area (Å²) in [5, 5.41) is 13.2. The van der Waals surface area contributed by atoms with E-state index >= 15 is 0 Å². The highest BCUT2D eigenvalue weighted by Gasteiger charge is 2.31. The number of ether oxygens (including phenoxy) is 2. The molecule has 9 nitrogen and oxygen atoms in total. The molecule has 2 aliphatic rings. The second-order valence-electron chi connectivity index (χ2n) is 8.69. The number of amides is 2. The number of piperazine rings is 1. The van der Waals surface area contributed by atoms with Gasteiger partial charge in [-0.1, -0.05) is 0 Å². The molecule has 2 aromatic rings. The molecule has 0 saturated carbocycles. The third-order valence-corrected chi connectivity index (χ3v) is 6.17. The van der Waals surface area contributed by atoms with Crippen LogP contribution in [0.2, 0.25) is 0 Å². The highest BCUT2D eigenvalue weighted by atomic mass is 16.5. The van der Waals surface area contributed by atoms with Crippen LogP contribution in [0.25, 0.3) is 0 Å². The van der Waals surface area contributed by atoms with Crippen molar-refractivity contribution >= 4 is 29.0 Å². The van der Waals surface area contributed by atoms with Gasteiger partial charge < -0.3 is 29.9 Å².